The van der Waals surface area contributed by atoms with E-state index in [1.54, 1.807) is 13.8 Å². The minimum absolute atomic E-state index is 0.0363. The van der Waals surface area contributed by atoms with E-state index in [0.29, 0.717) is 38.2 Å². The molecule has 0 bridgehead atoms. The molecule has 132 valence electrons. The van der Waals surface area contributed by atoms with Crippen molar-refractivity contribution < 1.29 is 14.7 Å². The molecule has 1 aliphatic heterocycles. The van der Waals surface area contributed by atoms with E-state index in [9.17, 15) is 14.7 Å². The Morgan fingerprint density at radius 2 is 2.04 bits per heavy atom. The minimum atomic E-state index is -0.679. The fourth-order valence-corrected chi connectivity index (χ4v) is 2.58. The Hall–Kier alpha value is -1.92. The molecule has 0 radical (unpaired) electrons. The van der Waals surface area contributed by atoms with Crippen LogP contribution < -0.4 is 10.6 Å². The van der Waals surface area contributed by atoms with Crippen LogP contribution in [0, 0.1) is 0 Å². The molecule has 0 atom stereocenters. The van der Waals surface area contributed by atoms with Gasteiger partial charge in [0, 0.05) is 31.7 Å². The topological polar surface area (TPSA) is 81.7 Å². The molecule has 24 heavy (non-hydrogen) atoms. The lowest BCUT2D eigenvalue weighted by Gasteiger charge is -2.26. The summed E-state index contributed by atoms with van der Waals surface area (Å²) in [6, 6.07) is 7.47. The molecular weight excluding hydrogens is 306 g/mol. The van der Waals surface area contributed by atoms with Crippen LogP contribution in [0.1, 0.15) is 36.2 Å². The zero-order chi connectivity index (χ0) is 17.6. The predicted molar refractivity (Wildman–Crippen MR) is 92.8 cm³/mol. The molecule has 3 N–H and O–H groups in total. The number of benzene rings is 1. The fraction of sp³-hybridized carbons (Fsp3) is 0.556. The van der Waals surface area contributed by atoms with E-state index in [0.717, 1.165) is 18.5 Å². The predicted octanol–water partition coefficient (Wildman–Crippen LogP) is 0.552. The highest BCUT2D eigenvalue weighted by atomic mass is 16.3. The van der Waals surface area contributed by atoms with Crippen molar-refractivity contribution in [3.63, 3.8) is 0 Å². The number of nitrogens with one attached hydrogen (secondary N) is 2. The smallest absolute Gasteiger partial charge is 0.251 e. The van der Waals surface area contributed by atoms with Gasteiger partial charge in [0.15, 0.2) is 0 Å². The van der Waals surface area contributed by atoms with Gasteiger partial charge in [-0.1, -0.05) is 12.1 Å². The summed E-state index contributed by atoms with van der Waals surface area (Å²) in [4.78, 5) is 25.4. The van der Waals surface area contributed by atoms with Crippen LogP contribution in [0.25, 0.3) is 0 Å². The summed E-state index contributed by atoms with van der Waals surface area (Å²) >= 11 is 0. The van der Waals surface area contributed by atoms with Crippen molar-refractivity contribution in [3.05, 3.63) is 35.4 Å². The lowest BCUT2D eigenvalue weighted by atomic mass is 9.98. The van der Waals surface area contributed by atoms with Crippen molar-refractivity contribution in [2.75, 3.05) is 32.7 Å². The Balaban J connectivity index is 1.75. The lowest BCUT2D eigenvalue weighted by molar-refractivity contribution is -0.124. The van der Waals surface area contributed by atoms with E-state index < -0.39 is 5.60 Å². The van der Waals surface area contributed by atoms with Crippen LogP contribution >= 0.6 is 0 Å². The minimum Gasteiger partial charge on any atom is -0.390 e. The zero-order valence-corrected chi connectivity index (χ0v) is 14.5. The molecule has 1 aromatic rings. The number of rotatable bonds is 7. The molecule has 2 rings (SSSR count). The number of aryl methyl sites for hydroxylation is 1. The lowest BCUT2D eigenvalue weighted by Crippen LogP contribution is -2.49. The maximum Gasteiger partial charge on any atom is 0.251 e. The van der Waals surface area contributed by atoms with Crippen LogP contribution in [0.2, 0.25) is 0 Å². The van der Waals surface area contributed by atoms with Crippen LogP contribution in [-0.4, -0.2) is 60.1 Å². The molecule has 0 unspecified atom stereocenters. The quantitative estimate of drug-likeness (QED) is 0.681. The summed E-state index contributed by atoms with van der Waals surface area (Å²) in [5, 5.41) is 15.4. The summed E-state index contributed by atoms with van der Waals surface area (Å²) in [5.74, 6) is -0.0697. The van der Waals surface area contributed by atoms with Crippen molar-refractivity contribution in [3.8, 4) is 0 Å². The first-order valence-corrected chi connectivity index (χ1v) is 8.42. The number of piperazine rings is 1. The first-order chi connectivity index (χ1) is 11.3. The Labute approximate surface area is 143 Å². The molecule has 1 aromatic carbocycles. The molecule has 1 aliphatic rings. The van der Waals surface area contributed by atoms with Gasteiger partial charge in [-0.3, -0.25) is 14.5 Å². The molecular formula is C18H27N3O3. The number of aliphatic hydroxyl groups is 1. The highest BCUT2D eigenvalue weighted by Gasteiger charge is 2.16. The maximum atomic E-state index is 12.1. The van der Waals surface area contributed by atoms with Crippen molar-refractivity contribution in [1.82, 2.24) is 15.5 Å². The van der Waals surface area contributed by atoms with E-state index in [1.807, 2.05) is 29.2 Å². The fourth-order valence-electron chi connectivity index (χ4n) is 2.58. The van der Waals surface area contributed by atoms with E-state index in [1.165, 1.54) is 0 Å². The second kappa shape index (κ2) is 8.26. The van der Waals surface area contributed by atoms with Gasteiger partial charge in [0.1, 0.15) is 0 Å². The highest BCUT2D eigenvalue weighted by Crippen LogP contribution is 2.13. The Morgan fingerprint density at radius 3 is 2.67 bits per heavy atom. The summed E-state index contributed by atoms with van der Waals surface area (Å²) in [7, 11) is 0. The molecule has 0 aliphatic carbocycles. The van der Waals surface area contributed by atoms with Crippen LogP contribution in [0.5, 0.6) is 0 Å². The first kappa shape index (κ1) is 18.4. The van der Waals surface area contributed by atoms with Crippen LogP contribution in [0.15, 0.2) is 24.3 Å². The number of nitrogens with zero attached hydrogens (tertiary/aromatic N) is 1. The van der Waals surface area contributed by atoms with Crippen LogP contribution in [0.3, 0.4) is 0 Å². The Morgan fingerprint density at radius 1 is 1.33 bits per heavy atom. The standard InChI is InChI=1S/C18H27N3O3/c1-18(2,24)8-7-14-3-5-15(6-4-14)17(23)20-10-12-21-11-9-19-16(22)13-21/h3-6,24H,7-13H2,1-2H3,(H,19,22)(H,20,23). The highest BCUT2D eigenvalue weighted by molar-refractivity contribution is 5.94. The Bertz CT molecular complexity index is 564. The first-order valence-electron chi connectivity index (χ1n) is 8.42. The number of amides is 2. The largest absolute Gasteiger partial charge is 0.390 e. The molecule has 1 fully saturated rings. The van der Waals surface area contributed by atoms with Crippen LogP contribution in [-0.2, 0) is 11.2 Å². The third-order valence-electron chi connectivity index (χ3n) is 4.07. The van der Waals surface area contributed by atoms with Crippen molar-refractivity contribution in [1.29, 1.82) is 0 Å². The molecule has 0 aromatic heterocycles. The summed E-state index contributed by atoms with van der Waals surface area (Å²) in [6.45, 7) is 6.65. The second-order valence-electron chi connectivity index (χ2n) is 6.89. The van der Waals surface area contributed by atoms with Crippen molar-refractivity contribution >= 4 is 11.8 Å². The number of carbonyl (C=O) groups is 2. The van der Waals surface area contributed by atoms with Gasteiger partial charge in [0.25, 0.3) is 5.91 Å². The van der Waals surface area contributed by atoms with Gasteiger partial charge in [-0.05, 0) is 44.4 Å². The van der Waals surface area contributed by atoms with Gasteiger partial charge in [-0.15, -0.1) is 0 Å². The van der Waals surface area contributed by atoms with E-state index in [4.69, 9.17) is 0 Å². The molecule has 1 saturated heterocycles. The molecule has 0 spiro atoms. The van der Waals surface area contributed by atoms with Gasteiger partial charge < -0.3 is 15.7 Å². The second-order valence-corrected chi connectivity index (χ2v) is 6.89. The zero-order valence-electron chi connectivity index (χ0n) is 14.5. The summed E-state index contributed by atoms with van der Waals surface area (Å²) < 4.78 is 0. The third kappa shape index (κ3) is 6.29. The van der Waals surface area contributed by atoms with E-state index in [2.05, 4.69) is 10.6 Å². The van der Waals surface area contributed by atoms with E-state index >= 15 is 0 Å². The summed E-state index contributed by atoms with van der Waals surface area (Å²) in [6.07, 6.45) is 1.46. The molecule has 2 amide bonds. The number of carbonyl (C=O) groups excluding carboxylic acids is 2. The molecule has 6 heteroatoms. The summed E-state index contributed by atoms with van der Waals surface area (Å²) in [5.41, 5.74) is 1.05. The van der Waals surface area contributed by atoms with Crippen molar-refractivity contribution in [2.24, 2.45) is 0 Å². The molecule has 0 saturated carbocycles. The molecule has 6 nitrogen and oxygen atoms in total. The van der Waals surface area contributed by atoms with Gasteiger partial charge in [-0.2, -0.15) is 0 Å². The SMILES string of the molecule is CC(C)(O)CCc1ccc(C(=O)NCCN2CCNC(=O)C2)cc1. The molecule has 1 heterocycles. The van der Waals surface area contributed by atoms with Gasteiger partial charge in [0.2, 0.25) is 5.91 Å². The maximum absolute atomic E-state index is 12.1. The van der Waals surface area contributed by atoms with Gasteiger partial charge >= 0.3 is 0 Å². The number of hydrogen-bond donors (Lipinski definition) is 3. The monoisotopic (exact) mass is 333 g/mol. The van der Waals surface area contributed by atoms with Gasteiger partial charge in [-0.25, -0.2) is 0 Å². The third-order valence-corrected chi connectivity index (χ3v) is 4.07. The van der Waals surface area contributed by atoms with Crippen molar-refractivity contribution in [2.45, 2.75) is 32.3 Å². The van der Waals surface area contributed by atoms with Gasteiger partial charge in [0.05, 0.1) is 12.1 Å². The van der Waals surface area contributed by atoms with E-state index in [-0.39, 0.29) is 11.8 Å². The number of hydrogen-bond acceptors (Lipinski definition) is 4. The van der Waals surface area contributed by atoms with Crippen LogP contribution in [0.4, 0.5) is 0 Å². The normalized spacial score (nSPS) is 15.9. The average Bonchev–Trinajstić information content (AvgIpc) is 2.53. The average molecular weight is 333 g/mol. The Kier molecular flexibility index (Phi) is 6.34.